The molecule has 3 nitrogen and oxygen atoms in total. The van der Waals surface area contributed by atoms with Crippen LogP contribution in [0, 0.1) is 0 Å². The van der Waals surface area contributed by atoms with E-state index in [9.17, 15) is 0 Å². The number of nitrogens with two attached hydrogens (primary N) is 1. The number of hydrogen-bond donors (Lipinski definition) is 1. The summed E-state index contributed by atoms with van der Waals surface area (Å²) < 4.78 is 0. The molecule has 0 bridgehead atoms. The Morgan fingerprint density at radius 1 is 1.14 bits per heavy atom. The molecule has 2 N–H and O–H groups in total. The summed E-state index contributed by atoms with van der Waals surface area (Å²) in [5.41, 5.74) is 9.07. The summed E-state index contributed by atoms with van der Waals surface area (Å²) in [5, 5.41) is 7.10. The Morgan fingerprint density at radius 3 is 2.43 bits per heavy atom. The highest BCUT2D eigenvalue weighted by molar-refractivity contribution is 6.30. The Hall–Kier alpha value is -2.26. The van der Waals surface area contributed by atoms with Crippen LogP contribution in [0.5, 0.6) is 0 Å². The molecule has 1 heterocycles. The predicted molar refractivity (Wildman–Crippen MR) is 87.2 cm³/mol. The van der Waals surface area contributed by atoms with Gasteiger partial charge in [0, 0.05) is 10.9 Å². The third-order valence-corrected chi connectivity index (χ3v) is 3.84. The van der Waals surface area contributed by atoms with Crippen LogP contribution in [-0.4, -0.2) is 17.3 Å². The fraction of sp³-hybridized carbons (Fsp3) is 0.118. The number of benzene rings is 2. The van der Waals surface area contributed by atoms with Gasteiger partial charge in [-0.25, -0.2) is 5.01 Å². The van der Waals surface area contributed by atoms with E-state index in [0.717, 1.165) is 11.3 Å². The fourth-order valence-electron chi connectivity index (χ4n) is 2.51. The van der Waals surface area contributed by atoms with Gasteiger partial charge in [0.05, 0.1) is 12.3 Å². The smallest absolute Gasteiger partial charge is 0.112 e. The van der Waals surface area contributed by atoms with Crippen molar-refractivity contribution in [2.24, 2.45) is 10.8 Å². The van der Waals surface area contributed by atoms with Crippen LogP contribution in [-0.2, 0) is 0 Å². The monoisotopic (exact) mass is 297 g/mol. The third kappa shape index (κ3) is 2.78. The number of hydrazone groups is 1. The van der Waals surface area contributed by atoms with Gasteiger partial charge in [-0.3, -0.25) is 0 Å². The minimum Gasteiger partial charge on any atom is -0.384 e. The van der Waals surface area contributed by atoms with Crippen LogP contribution in [0.4, 0.5) is 0 Å². The van der Waals surface area contributed by atoms with Gasteiger partial charge in [0.1, 0.15) is 5.82 Å². The van der Waals surface area contributed by atoms with E-state index in [1.54, 1.807) is 5.01 Å². The normalized spacial score (nSPS) is 17.7. The van der Waals surface area contributed by atoms with Crippen LogP contribution < -0.4 is 5.73 Å². The number of hydrogen-bond acceptors (Lipinski definition) is 3. The van der Waals surface area contributed by atoms with Crippen LogP contribution in [0.25, 0.3) is 0 Å². The molecule has 0 saturated carbocycles. The van der Waals surface area contributed by atoms with E-state index in [-0.39, 0.29) is 5.92 Å². The largest absolute Gasteiger partial charge is 0.384 e. The summed E-state index contributed by atoms with van der Waals surface area (Å²) in [5.74, 6) is 0.632. The van der Waals surface area contributed by atoms with E-state index in [4.69, 9.17) is 17.3 Å². The molecule has 0 spiro atoms. The molecule has 1 unspecified atom stereocenters. The van der Waals surface area contributed by atoms with Crippen molar-refractivity contribution >= 4 is 17.3 Å². The molecule has 4 heteroatoms. The van der Waals surface area contributed by atoms with Gasteiger partial charge >= 0.3 is 0 Å². The van der Waals surface area contributed by atoms with E-state index in [1.807, 2.05) is 42.5 Å². The summed E-state index contributed by atoms with van der Waals surface area (Å²) in [4.78, 5) is 0. The SMILES string of the molecule is C=C(N)N1CC(c2ccccc2)C(c2ccc(Cl)cc2)=N1. The lowest BCUT2D eigenvalue weighted by Gasteiger charge is -2.15. The molecule has 21 heavy (non-hydrogen) atoms. The molecular weight excluding hydrogens is 282 g/mol. The molecule has 2 aromatic rings. The Balaban J connectivity index is 2.01. The Bertz CT molecular complexity index is 677. The van der Waals surface area contributed by atoms with Crippen molar-refractivity contribution in [1.82, 2.24) is 5.01 Å². The predicted octanol–water partition coefficient (Wildman–Crippen LogP) is 3.57. The molecule has 0 fully saturated rings. The second kappa shape index (κ2) is 5.62. The van der Waals surface area contributed by atoms with Gasteiger partial charge < -0.3 is 5.73 Å². The molecule has 1 aliphatic rings. The number of rotatable bonds is 3. The Morgan fingerprint density at radius 2 is 1.81 bits per heavy atom. The van der Waals surface area contributed by atoms with Gasteiger partial charge in [-0.15, -0.1) is 0 Å². The highest BCUT2D eigenvalue weighted by Gasteiger charge is 2.29. The van der Waals surface area contributed by atoms with Crippen LogP contribution in [0.15, 0.2) is 72.1 Å². The van der Waals surface area contributed by atoms with Crippen LogP contribution in [0.2, 0.25) is 5.02 Å². The molecule has 0 radical (unpaired) electrons. The van der Waals surface area contributed by atoms with Gasteiger partial charge in [-0.1, -0.05) is 60.6 Å². The first-order chi connectivity index (χ1) is 10.1. The van der Waals surface area contributed by atoms with E-state index in [1.165, 1.54) is 5.56 Å². The van der Waals surface area contributed by atoms with Gasteiger partial charge in [-0.2, -0.15) is 5.10 Å². The zero-order valence-electron chi connectivity index (χ0n) is 11.5. The average molecular weight is 298 g/mol. The molecule has 3 rings (SSSR count). The van der Waals surface area contributed by atoms with Crippen molar-refractivity contribution < 1.29 is 0 Å². The second-order valence-electron chi connectivity index (χ2n) is 5.03. The van der Waals surface area contributed by atoms with Crippen molar-refractivity contribution in [1.29, 1.82) is 0 Å². The van der Waals surface area contributed by atoms with Crippen LogP contribution in [0.1, 0.15) is 17.0 Å². The van der Waals surface area contributed by atoms with Crippen LogP contribution in [0.3, 0.4) is 0 Å². The first kappa shape index (κ1) is 13.7. The molecule has 0 aromatic heterocycles. The summed E-state index contributed by atoms with van der Waals surface area (Å²) in [6, 6.07) is 18.0. The Kier molecular flexibility index (Phi) is 3.67. The second-order valence-corrected chi connectivity index (χ2v) is 5.47. The first-order valence-corrected chi connectivity index (χ1v) is 7.14. The van der Waals surface area contributed by atoms with Gasteiger partial charge in [0.25, 0.3) is 0 Å². The Labute approximate surface area is 129 Å². The molecule has 1 atom stereocenters. The number of halogens is 1. The third-order valence-electron chi connectivity index (χ3n) is 3.59. The maximum absolute atomic E-state index is 5.97. The summed E-state index contributed by atoms with van der Waals surface area (Å²) in [6.45, 7) is 4.49. The molecule has 0 saturated heterocycles. The standard InChI is InChI=1S/C17H16ClN3/c1-12(19)21-11-16(13-5-3-2-4-6-13)17(20-21)14-7-9-15(18)10-8-14/h2-10,16H,1,11,19H2. The molecular formula is C17H16ClN3. The van der Waals surface area contributed by atoms with Crippen molar-refractivity contribution in [3.05, 3.63) is 83.1 Å². The molecule has 2 aromatic carbocycles. The zero-order chi connectivity index (χ0) is 14.8. The fourth-order valence-corrected chi connectivity index (χ4v) is 2.64. The van der Waals surface area contributed by atoms with Gasteiger partial charge in [0.15, 0.2) is 0 Å². The maximum atomic E-state index is 5.97. The molecule has 0 aliphatic carbocycles. The summed E-state index contributed by atoms with van der Waals surface area (Å²) in [6.07, 6.45) is 0. The van der Waals surface area contributed by atoms with Crippen LogP contribution >= 0.6 is 11.6 Å². The minimum atomic E-state index is 0.174. The van der Waals surface area contributed by atoms with E-state index in [0.29, 0.717) is 17.4 Å². The van der Waals surface area contributed by atoms with Crippen molar-refractivity contribution in [3.8, 4) is 0 Å². The maximum Gasteiger partial charge on any atom is 0.112 e. The van der Waals surface area contributed by atoms with Gasteiger partial charge in [-0.05, 0) is 23.3 Å². The van der Waals surface area contributed by atoms with E-state index < -0.39 is 0 Å². The van der Waals surface area contributed by atoms with Crippen molar-refractivity contribution in [3.63, 3.8) is 0 Å². The van der Waals surface area contributed by atoms with Gasteiger partial charge in [0.2, 0.25) is 0 Å². The highest BCUT2D eigenvalue weighted by Crippen LogP contribution is 2.29. The topological polar surface area (TPSA) is 41.6 Å². The minimum absolute atomic E-state index is 0.174. The van der Waals surface area contributed by atoms with E-state index in [2.05, 4.69) is 23.8 Å². The number of nitrogens with zero attached hydrogens (tertiary/aromatic N) is 2. The summed E-state index contributed by atoms with van der Waals surface area (Å²) in [7, 11) is 0. The molecule has 106 valence electrons. The first-order valence-electron chi connectivity index (χ1n) is 6.76. The average Bonchev–Trinajstić information content (AvgIpc) is 2.94. The lowest BCUT2D eigenvalue weighted by atomic mass is 9.91. The van der Waals surface area contributed by atoms with E-state index >= 15 is 0 Å². The quantitative estimate of drug-likeness (QED) is 0.941. The summed E-state index contributed by atoms with van der Waals surface area (Å²) >= 11 is 5.97. The van der Waals surface area contributed by atoms with Crippen molar-refractivity contribution in [2.45, 2.75) is 5.92 Å². The molecule has 1 aliphatic heterocycles. The lowest BCUT2D eigenvalue weighted by molar-refractivity contribution is 0.388. The molecule has 0 amide bonds. The highest BCUT2D eigenvalue weighted by atomic mass is 35.5. The lowest BCUT2D eigenvalue weighted by Crippen LogP contribution is -2.22. The van der Waals surface area contributed by atoms with Crippen molar-refractivity contribution in [2.75, 3.05) is 6.54 Å². The zero-order valence-corrected chi connectivity index (χ0v) is 12.3.